The fourth-order valence-corrected chi connectivity index (χ4v) is 4.49. The van der Waals surface area contributed by atoms with Crippen molar-refractivity contribution in [1.82, 2.24) is 5.32 Å². The summed E-state index contributed by atoms with van der Waals surface area (Å²) in [5.41, 5.74) is 10.5. The number of fused-ring (bicyclic) bond motifs is 3. The van der Waals surface area contributed by atoms with E-state index in [1.54, 1.807) is 23.5 Å². The number of rotatable bonds is 4. The van der Waals surface area contributed by atoms with Crippen LogP contribution in [0.4, 0.5) is 10.5 Å². The van der Waals surface area contributed by atoms with Gasteiger partial charge in [0.05, 0.1) is 4.88 Å². The van der Waals surface area contributed by atoms with Gasteiger partial charge in [0, 0.05) is 17.1 Å². The SMILES string of the molecule is NC(=O)Nc1ccc(CNC(=O)c2cc3c(s2)-c2ccccc2CC3)cc1. The minimum atomic E-state index is -0.598. The second kappa shape index (κ2) is 7.25. The molecule has 0 aliphatic heterocycles. The number of benzene rings is 2. The number of nitrogens with one attached hydrogen (secondary N) is 2. The van der Waals surface area contributed by atoms with E-state index in [2.05, 4.69) is 28.8 Å². The Morgan fingerprint density at radius 3 is 2.52 bits per heavy atom. The Labute approximate surface area is 161 Å². The van der Waals surface area contributed by atoms with E-state index in [1.807, 2.05) is 24.3 Å². The molecule has 1 aliphatic rings. The zero-order chi connectivity index (χ0) is 18.8. The first-order chi connectivity index (χ1) is 13.1. The van der Waals surface area contributed by atoms with E-state index < -0.39 is 6.03 Å². The summed E-state index contributed by atoms with van der Waals surface area (Å²) in [5.74, 6) is -0.0637. The largest absolute Gasteiger partial charge is 0.351 e. The van der Waals surface area contributed by atoms with E-state index in [1.165, 1.54) is 21.6 Å². The van der Waals surface area contributed by atoms with Crippen LogP contribution in [0.3, 0.4) is 0 Å². The number of urea groups is 1. The number of hydrogen-bond acceptors (Lipinski definition) is 3. The highest BCUT2D eigenvalue weighted by molar-refractivity contribution is 7.17. The molecule has 4 N–H and O–H groups in total. The number of carbonyl (C=O) groups is 2. The molecule has 0 atom stereocenters. The van der Waals surface area contributed by atoms with Crippen LogP contribution in [0.1, 0.15) is 26.4 Å². The lowest BCUT2D eigenvalue weighted by molar-refractivity contribution is 0.0955. The molecule has 0 saturated heterocycles. The maximum Gasteiger partial charge on any atom is 0.316 e. The van der Waals surface area contributed by atoms with Crippen LogP contribution < -0.4 is 16.4 Å². The maximum absolute atomic E-state index is 12.6. The molecule has 1 aliphatic carbocycles. The van der Waals surface area contributed by atoms with Gasteiger partial charge >= 0.3 is 6.03 Å². The maximum atomic E-state index is 12.6. The molecule has 1 heterocycles. The third-order valence-electron chi connectivity index (χ3n) is 4.63. The van der Waals surface area contributed by atoms with Crippen molar-refractivity contribution in [3.05, 3.63) is 76.2 Å². The van der Waals surface area contributed by atoms with Crippen LogP contribution in [0.15, 0.2) is 54.6 Å². The lowest BCUT2D eigenvalue weighted by atomic mass is 9.91. The van der Waals surface area contributed by atoms with Gasteiger partial charge in [-0.25, -0.2) is 4.79 Å². The van der Waals surface area contributed by atoms with Gasteiger partial charge in [0.2, 0.25) is 0 Å². The van der Waals surface area contributed by atoms with Gasteiger partial charge in [-0.05, 0) is 53.3 Å². The lowest BCUT2D eigenvalue weighted by Gasteiger charge is -2.15. The van der Waals surface area contributed by atoms with Crippen molar-refractivity contribution in [3.8, 4) is 10.4 Å². The lowest BCUT2D eigenvalue weighted by Crippen LogP contribution is -2.22. The van der Waals surface area contributed by atoms with Crippen LogP contribution >= 0.6 is 11.3 Å². The number of thiophene rings is 1. The highest BCUT2D eigenvalue weighted by atomic mass is 32.1. The second-order valence-corrected chi connectivity index (χ2v) is 7.54. The summed E-state index contributed by atoms with van der Waals surface area (Å²) >= 11 is 1.56. The topological polar surface area (TPSA) is 84.2 Å². The smallest absolute Gasteiger partial charge is 0.316 e. The molecule has 0 unspecified atom stereocenters. The summed E-state index contributed by atoms with van der Waals surface area (Å²) in [6.07, 6.45) is 2.00. The molecule has 27 heavy (non-hydrogen) atoms. The molecular formula is C21H19N3O2S. The molecule has 0 saturated carbocycles. The van der Waals surface area contributed by atoms with E-state index in [4.69, 9.17) is 5.73 Å². The van der Waals surface area contributed by atoms with Gasteiger partial charge in [-0.1, -0.05) is 36.4 Å². The van der Waals surface area contributed by atoms with Gasteiger partial charge in [0.15, 0.2) is 0 Å². The summed E-state index contributed by atoms with van der Waals surface area (Å²) in [4.78, 5) is 25.4. The molecule has 136 valence electrons. The van der Waals surface area contributed by atoms with Gasteiger partial charge < -0.3 is 16.4 Å². The van der Waals surface area contributed by atoms with E-state index in [0.717, 1.165) is 23.3 Å². The molecule has 4 rings (SSSR count). The summed E-state index contributed by atoms with van der Waals surface area (Å²) in [6, 6.07) is 17.0. The van der Waals surface area contributed by atoms with Gasteiger partial charge in [-0.3, -0.25) is 4.79 Å². The number of anilines is 1. The van der Waals surface area contributed by atoms with Gasteiger partial charge in [0.1, 0.15) is 0 Å². The second-order valence-electron chi connectivity index (χ2n) is 6.49. The third kappa shape index (κ3) is 3.71. The first-order valence-corrected chi connectivity index (χ1v) is 9.56. The quantitative estimate of drug-likeness (QED) is 0.643. The highest BCUT2D eigenvalue weighted by Gasteiger charge is 2.21. The zero-order valence-corrected chi connectivity index (χ0v) is 15.4. The Kier molecular flexibility index (Phi) is 4.64. The highest BCUT2D eigenvalue weighted by Crippen LogP contribution is 2.39. The molecule has 6 heteroatoms. The number of carbonyl (C=O) groups excluding carboxylic acids is 2. The Bertz CT molecular complexity index is 1010. The van der Waals surface area contributed by atoms with Crippen LogP contribution in [0.5, 0.6) is 0 Å². The van der Waals surface area contributed by atoms with Crippen molar-refractivity contribution in [1.29, 1.82) is 0 Å². The summed E-state index contributed by atoms with van der Waals surface area (Å²) in [5, 5.41) is 5.48. The van der Waals surface area contributed by atoms with Crippen molar-refractivity contribution in [2.75, 3.05) is 5.32 Å². The minimum Gasteiger partial charge on any atom is -0.351 e. The third-order valence-corrected chi connectivity index (χ3v) is 5.84. The van der Waals surface area contributed by atoms with Crippen molar-refractivity contribution in [2.24, 2.45) is 5.73 Å². The Morgan fingerprint density at radius 1 is 1.00 bits per heavy atom. The Morgan fingerprint density at radius 2 is 1.74 bits per heavy atom. The van der Waals surface area contributed by atoms with E-state index >= 15 is 0 Å². The number of hydrogen-bond donors (Lipinski definition) is 3. The molecule has 5 nitrogen and oxygen atoms in total. The monoisotopic (exact) mass is 377 g/mol. The average molecular weight is 377 g/mol. The molecule has 0 spiro atoms. The minimum absolute atomic E-state index is 0.0637. The van der Waals surface area contributed by atoms with Crippen molar-refractivity contribution in [2.45, 2.75) is 19.4 Å². The van der Waals surface area contributed by atoms with Crippen LogP contribution in [-0.2, 0) is 19.4 Å². The van der Waals surface area contributed by atoms with Crippen LogP contribution in [0, 0.1) is 0 Å². The number of nitrogens with two attached hydrogens (primary N) is 1. The molecule has 3 aromatic rings. The summed E-state index contributed by atoms with van der Waals surface area (Å²) in [7, 11) is 0. The first-order valence-electron chi connectivity index (χ1n) is 8.75. The first kappa shape index (κ1) is 17.3. The van der Waals surface area contributed by atoms with Gasteiger partial charge in [-0.2, -0.15) is 0 Å². The molecule has 0 bridgehead atoms. The Balaban J connectivity index is 1.44. The molecule has 2 aromatic carbocycles. The average Bonchev–Trinajstić information content (AvgIpc) is 3.12. The zero-order valence-electron chi connectivity index (χ0n) is 14.6. The molecule has 1 aromatic heterocycles. The molecule has 0 radical (unpaired) electrons. The molecule has 0 fully saturated rings. The fraction of sp³-hybridized carbons (Fsp3) is 0.143. The number of primary amides is 1. The number of aryl methyl sites for hydroxylation is 2. The van der Waals surface area contributed by atoms with Crippen molar-refractivity contribution >= 4 is 29.0 Å². The molecule has 3 amide bonds. The van der Waals surface area contributed by atoms with Crippen LogP contribution in [-0.4, -0.2) is 11.9 Å². The van der Waals surface area contributed by atoms with E-state index in [0.29, 0.717) is 12.2 Å². The molecular weight excluding hydrogens is 358 g/mol. The predicted molar refractivity (Wildman–Crippen MR) is 108 cm³/mol. The predicted octanol–water partition coefficient (Wildman–Crippen LogP) is 3.93. The van der Waals surface area contributed by atoms with Crippen molar-refractivity contribution < 1.29 is 9.59 Å². The van der Waals surface area contributed by atoms with E-state index in [-0.39, 0.29) is 5.91 Å². The van der Waals surface area contributed by atoms with Crippen molar-refractivity contribution in [3.63, 3.8) is 0 Å². The van der Waals surface area contributed by atoms with Crippen LogP contribution in [0.25, 0.3) is 10.4 Å². The van der Waals surface area contributed by atoms with E-state index in [9.17, 15) is 9.59 Å². The Hall–Kier alpha value is -3.12. The fourth-order valence-electron chi connectivity index (χ4n) is 3.30. The summed E-state index contributed by atoms with van der Waals surface area (Å²) < 4.78 is 0. The number of amides is 3. The van der Waals surface area contributed by atoms with Crippen LogP contribution in [0.2, 0.25) is 0 Å². The van der Waals surface area contributed by atoms with Gasteiger partial charge in [-0.15, -0.1) is 11.3 Å². The normalized spacial score (nSPS) is 12.0. The van der Waals surface area contributed by atoms with Gasteiger partial charge in [0.25, 0.3) is 5.91 Å². The standard InChI is InChI=1S/C21H19N3O2S/c22-21(26)24-16-9-5-13(6-10-16)12-23-20(25)18-11-15-8-7-14-3-1-2-4-17(14)19(15)27-18/h1-6,9-11H,7-8,12H2,(H,23,25)(H3,22,24,26). The summed E-state index contributed by atoms with van der Waals surface area (Å²) in [6.45, 7) is 0.425.